The molecule has 0 radical (unpaired) electrons. The Kier molecular flexibility index (Phi) is 22.6. The van der Waals surface area contributed by atoms with Crippen LogP contribution in [0.3, 0.4) is 0 Å². The Morgan fingerprint density at radius 1 is 0.556 bits per heavy atom. The Hall–Kier alpha value is -0.790. The van der Waals surface area contributed by atoms with Crippen molar-refractivity contribution in [1.29, 1.82) is 0 Å². The fraction of sp³-hybridized carbons (Fsp3) is 0.880. The van der Waals surface area contributed by atoms with Crippen molar-refractivity contribution in [2.75, 3.05) is 0 Å². The lowest BCUT2D eigenvalue weighted by molar-refractivity contribution is -0.137. The molecule has 0 fully saturated rings. The van der Waals surface area contributed by atoms with Crippen LogP contribution in [0.5, 0.6) is 0 Å². The SMILES string of the molecule is CCCCC/C=C/CCCCCCCCCCCCCCCCCC(=O)O. The van der Waals surface area contributed by atoms with Crippen LogP contribution in [0, 0.1) is 0 Å². The maximum atomic E-state index is 10.4. The monoisotopic (exact) mass is 380 g/mol. The summed E-state index contributed by atoms with van der Waals surface area (Å²) in [6, 6.07) is 0. The van der Waals surface area contributed by atoms with Gasteiger partial charge in [0, 0.05) is 6.42 Å². The van der Waals surface area contributed by atoms with Crippen LogP contribution in [-0.2, 0) is 4.79 Å². The first-order valence-electron chi connectivity index (χ1n) is 12.1. The Balaban J connectivity index is 3.04. The topological polar surface area (TPSA) is 37.3 Å². The Morgan fingerprint density at radius 2 is 0.889 bits per heavy atom. The van der Waals surface area contributed by atoms with E-state index in [2.05, 4.69) is 19.1 Å². The Morgan fingerprint density at radius 3 is 1.26 bits per heavy atom. The van der Waals surface area contributed by atoms with Gasteiger partial charge in [-0.25, -0.2) is 0 Å². The Labute approximate surface area is 170 Å². The molecule has 0 saturated heterocycles. The van der Waals surface area contributed by atoms with Crippen molar-refractivity contribution in [3.63, 3.8) is 0 Å². The summed E-state index contributed by atoms with van der Waals surface area (Å²) in [5.74, 6) is -0.652. The van der Waals surface area contributed by atoms with Crippen molar-refractivity contribution in [3.05, 3.63) is 12.2 Å². The van der Waals surface area contributed by atoms with Gasteiger partial charge in [-0.05, 0) is 32.1 Å². The second kappa shape index (κ2) is 23.2. The highest BCUT2D eigenvalue weighted by molar-refractivity contribution is 5.66. The average molecular weight is 381 g/mol. The molecule has 0 aliphatic carbocycles. The number of carboxylic acid groups (broad SMARTS) is 1. The highest BCUT2D eigenvalue weighted by Crippen LogP contribution is 2.14. The number of carboxylic acids is 1. The van der Waals surface area contributed by atoms with Gasteiger partial charge >= 0.3 is 5.97 Å². The standard InChI is InChI=1S/C25H48O2/c1-2-3-4-5-6-7-8-9-10-11-12-13-14-15-16-17-18-19-20-21-22-23-24-25(26)27/h6-7H,2-5,8-24H2,1H3,(H,26,27)/b7-6+. The van der Waals surface area contributed by atoms with E-state index in [1.165, 1.54) is 116 Å². The van der Waals surface area contributed by atoms with E-state index >= 15 is 0 Å². The van der Waals surface area contributed by atoms with Crippen molar-refractivity contribution in [2.45, 2.75) is 142 Å². The summed E-state index contributed by atoms with van der Waals surface area (Å²) < 4.78 is 0. The maximum absolute atomic E-state index is 10.4. The zero-order valence-corrected chi connectivity index (χ0v) is 18.4. The van der Waals surface area contributed by atoms with Crippen LogP contribution in [0.4, 0.5) is 0 Å². The average Bonchev–Trinajstić information content (AvgIpc) is 2.65. The first kappa shape index (κ1) is 26.2. The van der Waals surface area contributed by atoms with Gasteiger partial charge in [0.2, 0.25) is 0 Å². The molecule has 0 aromatic heterocycles. The highest BCUT2D eigenvalue weighted by Gasteiger charge is 1.97. The predicted octanol–water partition coefficient (Wildman–Crippen LogP) is 8.84. The fourth-order valence-electron chi connectivity index (χ4n) is 3.58. The summed E-state index contributed by atoms with van der Waals surface area (Å²) in [7, 11) is 0. The summed E-state index contributed by atoms with van der Waals surface area (Å²) in [5, 5.41) is 8.58. The fourth-order valence-corrected chi connectivity index (χ4v) is 3.58. The zero-order chi connectivity index (χ0) is 19.8. The number of hydrogen-bond donors (Lipinski definition) is 1. The van der Waals surface area contributed by atoms with Crippen LogP contribution in [0.2, 0.25) is 0 Å². The molecule has 160 valence electrons. The summed E-state index contributed by atoms with van der Waals surface area (Å²) in [6.07, 6.45) is 31.6. The summed E-state index contributed by atoms with van der Waals surface area (Å²) in [5.41, 5.74) is 0. The van der Waals surface area contributed by atoms with Crippen LogP contribution >= 0.6 is 0 Å². The van der Waals surface area contributed by atoms with Crippen LogP contribution in [0.15, 0.2) is 12.2 Å². The van der Waals surface area contributed by atoms with E-state index in [1.807, 2.05) is 0 Å². The third-order valence-electron chi connectivity index (χ3n) is 5.40. The van der Waals surface area contributed by atoms with Gasteiger partial charge in [-0.15, -0.1) is 0 Å². The van der Waals surface area contributed by atoms with E-state index in [0.717, 1.165) is 12.8 Å². The van der Waals surface area contributed by atoms with Crippen LogP contribution < -0.4 is 0 Å². The molecule has 0 unspecified atom stereocenters. The first-order valence-corrected chi connectivity index (χ1v) is 12.1. The van der Waals surface area contributed by atoms with E-state index in [0.29, 0.717) is 6.42 Å². The molecule has 0 aliphatic rings. The molecule has 0 spiro atoms. The van der Waals surface area contributed by atoms with Gasteiger partial charge in [0.05, 0.1) is 0 Å². The number of carbonyl (C=O) groups is 1. The van der Waals surface area contributed by atoms with Crippen LogP contribution in [-0.4, -0.2) is 11.1 Å². The van der Waals surface area contributed by atoms with Gasteiger partial charge in [-0.3, -0.25) is 4.79 Å². The first-order chi connectivity index (χ1) is 13.3. The third kappa shape index (κ3) is 25.2. The maximum Gasteiger partial charge on any atom is 0.303 e. The van der Waals surface area contributed by atoms with Gasteiger partial charge in [0.1, 0.15) is 0 Å². The minimum atomic E-state index is -0.652. The van der Waals surface area contributed by atoms with Crippen molar-refractivity contribution in [2.24, 2.45) is 0 Å². The van der Waals surface area contributed by atoms with Gasteiger partial charge < -0.3 is 5.11 Å². The van der Waals surface area contributed by atoms with E-state index in [9.17, 15) is 4.79 Å². The number of unbranched alkanes of at least 4 members (excludes halogenated alkanes) is 18. The van der Waals surface area contributed by atoms with Crippen LogP contribution in [0.25, 0.3) is 0 Å². The zero-order valence-electron chi connectivity index (χ0n) is 18.4. The molecule has 1 N–H and O–H groups in total. The molecule has 0 aromatic rings. The highest BCUT2D eigenvalue weighted by atomic mass is 16.4. The number of allylic oxidation sites excluding steroid dienone is 2. The van der Waals surface area contributed by atoms with Gasteiger partial charge in [0.25, 0.3) is 0 Å². The normalized spacial score (nSPS) is 11.4. The van der Waals surface area contributed by atoms with E-state index in [4.69, 9.17) is 5.11 Å². The molecular formula is C25H48O2. The predicted molar refractivity (Wildman–Crippen MR) is 119 cm³/mol. The second-order valence-corrected chi connectivity index (χ2v) is 8.20. The summed E-state index contributed by atoms with van der Waals surface area (Å²) >= 11 is 0. The van der Waals surface area contributed by atoms with Crippen molar-refractivity contribution >= 4 is 5.97 Å². The molecule has 0 saturated carbocycles. The molecule has 0 atom stereocenters. The second-order valence-electron chi connectivity index (χ2n) is 8.20. The van der Waals surface area contributed by atoms with Gasteiger partial charge in [0.15, 0.2) is 0 Å². The van der Waals surface area contributed by atoms with Crippen molar-refractivity contribution in [1.82, 2.24) is 0 Å². The third-order valence-corrected chi connectivity index (χ3v) is 5.40. The van der Waals surface area contributed by atoms with Gasteiger partial charge in [-0.1, -0.05) is 115 Å². The lowest BCUT2D eigenvalue weighted by atomic mass is 10.0. The van der Waals surface area contributed by atoms with Gasteiger partial charge in [-0.2, -0.15) is 0 Å². The molecule has 27 heavy (non-hydrogen) atoms. The van der Waals surface area contributed by atoms with Crippen molar-refractivity contribution in [3.8, 4) is 0 Å². The summed E-state index contributed by atoms with van der Waals surface area (Å²) in [4.78, 5) is 10.4. The molecule has 0 rings (SSSR count). The molecule has 0 amide bonds. The smallest absolute Gasteiger partial charge is 0.303 e. The Bertz CT molecular complexity index is 322. The molecule has 0 heterocycles. The van der Waals surface area contributed by atoms with Crippen LogP contribution in [0.1, 0.15) is 142 Å². The largest absolute Gasteiger partial charge is 0.481 e. The van der Waals surface area contributed by atoms with E-state index in [-0.39, 0.29) is 0 Å². The minimum Gasteiger partial charge on any atom is -0.481 e. The molecular weight excluding hydrogens is 332 g/mol. The minimum absolute atomic E-state index is 0.343. The number of hydrogen-bond acceptors (Lipinski definition) is 1. The quantitative estimate of drug-likeness (QED) is 0.150. The lowest BCUT2D eigenvalue weighted by Gasteiger charge is -2.03. The molecule has 0 aliphatic heterocycles. The summed E-state index contributed by atoms with van der Waals surface area (Å²) in [6.45, 7) is 2.27. The molecule has 0 aromatic carbocycles. The van der Waals surface area contributed by atoms with E-state index < -0.39 is 5.97 Å². The molecule has 0 bridgehead atoms. The number of rotatable bonds is 22. The lowest BCUT2D eigenvalue weighted by Crippen LogP contribution is -1.93. The molecule has 2 heteroatoms. The molecule has 2 nitrogen and oxygen atoms in total. The van der Waals surface area contributed by atoms with Crippen molar-refractivity contribution < 1.29 is 9.90 Å². The number of aliphatic carboxylic acids is 1. The van der Waals surface area contributed by atoms with E-state index in [1.54, 1.807) is 0 Å².